The normalized spacial score (nSPS) is 21.1. The number of nitrogens with one attached hydrogen (secondary N) is 1. The second-order valence-corrected chi connectivity index (χ2v) is 12.6. The van der Waals surface area contributed by atoms with Crippen LogP contribution in [0.3, 0.4) is 0 Å². The van der Waals surface area contributed by atoms with Gasteiger partial charge < -0.3 is 14.9 Å². The van der Waals surface area contributed by atoms with Crippen molar-refractivity contribution in [1.82, 2.24) is 4.72 Å². The number of carbonyl (C=O) groups is 1. The van der Waals surface area contributed by atoms with E-state index in [0.717, 1.165) is 21.2 Å². The fraction of sp³-hybridized carbons (Fsp3) is 0.323. The minimum Gasteiger partial charge on any atom is -0.481 e. The maximum absolute atomic E-state index is 13.2. The molecule has 0 aliphatic heterocycles. The number of hydrogen-bond acceptors (Lipinski definition) is 5. The zero-order valence-electron chi connectivity index (χ0n) is 22.0. The number of aliphatic hydroxyl groups is 1. The molecule has 3 N–H and O–H groups in total. The number of aliphatic carboxylic acids is 1. The predicted octanol–water partition coefficient (Wildman–Crippen LogP) is 5.93. The van der Waals surface area contributed by atoms with Crippen LogP contribution in [0.15, 0.2) is 100 Å². The SMILES string of the molecule is O=C(O)CCCC=CC[C@@H]1[C@@H](NS(=O)(=O)c2ccc(Br)cc2)[C@H](O)C[C@@H]1OCc1ccc(-c2ccccc2)cc1. The number of benzene rings is 3. The highest BCUT2D eigenvalue weighted by atomic mass is 79.9. The van der Waals surface area contributed by atoms with Crippen LogP contribution < -0.4 is 4.72 Å². The van der Waals surface area contributed by atoms with E-state index in [0.29, 0.717) is 32.3 Å². The maximum Gasteiger partial charge on any atom is 0.303 e. The van der Waals surface area contributed by atoms with Gasteiger partial charge in [-0.2, -0.15) is 0 Å². The van der Waals surface area contributed by atoms with E-state index in [1.165, 1.54) is 12.1 Å². The van der Waals surface area contributed by atoms with Crippen LogP contribution in [-0.2, 0) is 26.2 Å². The first-order chi connectivity index (χ1) is 19.2. The third-order valence-corrected chi connectivity index (χ3v) is 9.11. The number of carboxylic acid groups (broad SMARTS) is 1. The van der Waals surface area contributed by atoms with Crippen molar-refractivity contribution in [1.29, 1.82) is 0 Å². The first-order valence-electron chi connectivity index (χ1n) is 13.3. The summed E-state index contributed by atoms with van der Waals surface area (Å²) in [6.45, 7) is 0.331. The molecule has 1 aliphatic rings. The molecule has 1 fully saturated rings. The van der Waals surface area contributed by atoms with Gasteiger partial charge in [0.1, 0.15) is 0 Å². The lowest BCUT2D eigenvalue weighted by molar-refractivity contribution is -0.137. The van der Waals surface area contributed by atoms with E-state index in [1.54, 1.807) is 12.1 Å². The monoisotopic (exact) mass is 627 g/mol. The Morgan fingerprint density at radius 1 is 0.975 bits per heavy atom. The van der Waals surface area contributed by atoms with Crippen LogP contribution in [0, 0.1) is 5.92 Å². The highest BCUT2D eigenvalue weighted by molar-refractivity contribution is 9.10. The average Bonchev–Trinajstić information content (AvgIpc) is 3.23. The van der Waals surface area contributed by atoms with Crippen molar-refractivity contribution < 1.29 is 28.2 Å². The number of allylic oxidation sites excluding steroid dienone is 2. The zero-order valence-corrected chi connectivity index (χ0v) is 24.4. The Morgan fingerprint density at radius 3 is 2.33 bits per heavy atom. The van der Waals surface area contributed by atoms with Crippen molar-refractivity contribution in [2.24, 2.45) is 5.92 Å². The van der Waals surface area contributed by atoms with E-state index in [4.69, 9.17) is 9.84 Å². The lowest BCUT2D eigenvalue weighted by atomic mass is 9.97. The first kappa shape index (κ1) is 30.1. The van der Waals surface area contributed by atoms with Crippen LogP contribution >= 0.6 is 15.9 Å². The number of unbranched alkanes of at least 4 members (excludes halogenated alkanes) is 1. The first-order valence-corrected chi connectivity index (χ1v) is 15.6. The molecular weight excluding hydrogens is 594 g/mol. The van der Waals surface area contributed by atoms with Crippen molar-refractivity contribution in [2.75, 3.05) is 0 Å². The summed E-state index contributed by atoms with van der Waals surface area (Å²) in [5.41, 5.74) is 3.22. The molecule has 1 saturated carbocycles. The number of ether oxygens (including phenoxy) is 1. The van der Waals surface area contributed by atoms with Crippen molar-refractivity contribution in [3.8, 4) is 11.1 Å². The fourth-order valence-corrected chi connectivity index (χ4v) is 6.55. The summed E-state index contributed by atoms with van der Waals surface area (Å²) in [6.07, 6.45) is 4.56. The Hall–Kier alpha value is -2.82. The molecular formula is C31H34BrNO6S. The van der Waals surface area contributed by atoms with Crippen LogP contribution in [-0.4, -0.2) is 42.8 Å². The van der Waals surface area contributed by atoms with E-state index in [9.17, 15) is 18.3 Å². The third-order valence-electron chi connectivity index (χ3n) is 7.10. The van der Waals surface area contributed by atoms with E-state index in [-0.39, 0.29) is 23.3 Å². The molecule has 212 valence electrons. The summed E-state index contributed by atoms with van der Waals surface area (Å²) >= 11 is 3.32. The molecule has 0 radical (unpaired) electrons. The molecule has 0 bridgehead atoms. The van der Waals surface area contributed by atoms with Crippen LogP contribution in [0.1, 0.15) is 37.7 Å². The number of sulfonamides is 1. The summed E-state index contributed by atoms with van der Waals surface area (Å²) < 4.78 is 36.1. The lowest BCUT2D eigenvalue weighted by Gasteiger charge is -2.25. The lowest BCUT2D eigenvalue weighted by Crippen LogP contribution is -2.44. The van der Waals surface area contributed by atoms with Crippen LogP contribution in [0.2, 0.25) is 0 Å². The van der Waals surface area contributed by atoms with Gasteiger partial charge in [-0.1, -0.05) is 82.7 Å². The molecule has 0 heterocycles. The van der Waals surface area contributed by atoms with Crippen LogP contribution in [0.4, 0.5) is 0 Å². The second kappa shape index (κ2) is 14.2. The topological polar surface area (TPSA) is 113 Å². The van der Waals surface area contributed by atoms with Crippen molar-refractivity contribution >= 4 is 31.9 Å². The molecule has 0 amide bonds. The number of halogens is 1. The fourth-order valence-electron chi connectivity index (χ4n) is 4.96. The van der Waals surface area contributed by atoms with E-state index in [1.807, 2.05) is 54.6 Å². The summed E-state index contributed by atoms with van der Waals surface area (Å²) in [4.78, 5) is 10.9. The van der Waals surface area contributed by atoms with E-state index >= 15 is 0 Å². The van der Waals surface area contributed by atoms with Gasteiger partial charge in [0.05, 0.1) is 29.8 Å². The summed E-state index contributed by atoms with van der Waals surface area (Å²) in [6, 6.07) is 23.8. The third kappa shape index (κ3) is 8.34. The van der Waals surface area contributed by atoms with Gasteiger partial charge in [-0.25, -0.2) is 13.1 Å². The van der Waals surface area contributed by atoms with Crippen molar-refractivity contribution in [3.63, 3.8) is 0 Å². The molecule has 7 nitrogen and oxygen atoms in total. The van der Waals surface area contributed by atoms with E-state index in [2.05, 4.69) is 32.8 Å². The van der Waals surface area contributed by atoms with Gasteiger partial charge in [0.15, 0.2) is 0 Å². The number of aliphatic hydroxyl groups excluding tert-OH is 1. The summed E-state index contributed by atoms with van der Waals surface area (Å²) in [5.74, 6) is -1.14. The maximum atomic E-state index is 13.2. The molecule has 3 aromatic carbocycles. The van der Waals surface area contributed by atoms with Crippen molar-refractivity contribution in [2.45, 2.75) is 61.9 Å². The predicted molar refractivity (Wildman–Crippen MR) is 158 cm³/mol. The minimum absolute atomic E-state index is 0.0941. The standard InChI is InChI=1S/C31H34BrNO6S/c32-25-16-18-26(19-17-25)40(37,38)33-31-27(10-6-1-2-7-11-30(35)36)29(20-28(31)34)39-21-22-12-14-24(15-13-22)23-8-4-3-5-9-23/h1,3-6,8-9,12-19,27-29,31,33-34H,2,7,10-11,20-21H2,(H,35,36)/t27-,28+,29-,31+/m0/s1. The largest absolute Gasteiger partial charge is 0.481 e. The Kier molecular flexibility index (Phi) is 10.7. The smallest absolute Gasteiger partial charge is 0.303 e. The second-order valence-electron chi connectivity index (χ2n) is 9.97. The average molecular weight is 629 g/mol. The van der Waals surface area contributed by atoms with Gasteiger partial charge in [-0.3, -0.25) is 4.79 Å². The minimum atomic E-state index is -3.87. The van der Waals surface area contributed by atoms with Gasteiger partial charge in [-0.05, 0) is 60.2 Å². The van der Waals surface area contributed by atoms with Crippen molar-refractivity contribution in [3.05, 3.63) is 101 Å². The molecule has 0 unspecified atom stereocenters. The van der Waals surface area contributed by atoms with Gasteiger partial charge in [0.25, 0.3) is 0 Å². The van der Waals surface area contributed by atoms with Gasteiger partial charge >= 0.3 is 5.97 Å². The van der Waals surface area contributed by atoms with Crippen LogP contribution in [0.5, 0.6) is 0 Å². The van der Waals surface area contributed by atoms with E-state index < -0.39 is 28.1 Å². The molecule has 9 heteroatoms. The quantitative estimate of drug-likeness (QED) is 0.160. The molecule has 4 rings (SSSR count). The van der Waals surface area contributed by atoms with Gasteiger partial charge in [0, 0.05) is 23.2 Å². The van der Waals surface area contributed by atoms with Gasteiger partial charge in [-0.15, -0.1) is 0 Å². The molecule has 3 aromatic rings. The summed E-state index contributed by atoms with van der Waals surface area (Å²) in [5, 5.41) is 19.8. The number of rotatable bonds is 13. The summed E-state index contributed by atoms with van der Waals surface area (Å²) in [7, 11) is -3.87. The molecule has 40 heavy (non-hydrogen) atoms. The Labute approximate surface area is 244 Å². The van der Waals surface area contributed by atoms with Gasteiger partial charge in [0.2, 0.25) is 10.0 Å². The molecule has 1 aliphatic carbocycles. The number of hydrogen-bond donors (Lipinski definition) is 3. The Morgan fingerprint density at radius 2 is 1.65 bits per heavy atom. The molecule has 0 aromatic heterocycles. The molecule has 0 spiro atoms. The molecule has 0 saturated heterocycles. The highest BCUT2D eigenvalue weighted by Crippen LogP contribution is 2.34. The Balaban J connectivity index is 1.45. The Bertz CT molecular complexity index is 1380. The highest BCUT2D eigenvalue weighted by Gasteiger charge is 2.44. The molecule has 4 atom stereocenters. The van der Waals surface area contributed by atoms with Crippen LogP contribution in [0.25, 0.3) is 11.1 Å². The number of carboxylic acids is 1. The zero-order chi connectivity index (χ0) is 28.5.